The number of nitrogens with zero attached hydrogens (tertiary/aromatic N) is 3. The van der Waals surface area contributed by atoms with Crippen molar-refractivity contribution in [3.8, 4) is 0 Å². The summed E-state index contributed by atoms with van der Waals surface area (Å²) >= 11 is 0. The van der Waals surface area contributed by atoms with E-state index in [2.05, 4.69) is 9.97 Å². The molecule has 1 atom stereocenters. The molecule has 1 aromatic carbocycles. The molecule has 1 aliphatic heterocycles. The molecule has 0 bridgehead atoms. The van der Waals surface area contributed by atoms with Crippen molar-refractivity contribution >= 4 is 28.6 Å². The van der Waals surface area contributed by atoms with E-state index in [9.17, 15) is 14.4 Å². The lowest BCUT2D eigenvalue weighted by Gasteiger charge is -2.39. The Bertz CT molecular complexity index is 1090. The van der Waals surface area contributed by atoms with Crippen LogP contribution in [0.4, 0.5) is 0 Å². The van der Waals surface area contributed by atoms with Crippen LogP contribution in [0.2, 0.25) is 0 Å². The summed E-state index contributed by atoms with van der Waals surface area (Å²) in [5.74, 6) is -1.20. The van der Waals surface area contributed by atoms with Crippen molar-refractivity contribution in [1.29, 1.82) is 0 Å². The van der Waals surface area contributed by atoms with E-state index in [1.54, 1.807) is 34.3 Å². The van der Waals surface area contributed by atoms with Crippen LogP contribution in [-0.4, -0.2) is 63.0 Å². The van der Waals surface area contributed by atoms with Gasteiger partial charge in [0.25, 0.3) is 17.6 Å². The Morgan fingerprint density at radius 3 is 2.59 bits per heavy atom. The van der Waals surface area contributed by atoms with Gasteiger partial charge < -0.3 is 14.8 Å². The minimum absolute atomic E-state index is 0.0628. The summed E-state index contributed by atoms with van der Waals surface area (Å²) in [6.07, 6.45) is 3.17. The molecule has 1 aliphatic rings. The SMILES string of the molecule is Cc1ccnc2c(C(=O)C(=O)N3CCN(C(=O)c4ccccc4)C[C@H]3C)c[nH]c12. The number of rotatable bonds is 3. The van der Waals surface area contributed by atoms with Gasteiger partial charge in [0.15, 0.2) is 0 Å². The number of ketones is 1. The predicted molar refractivity (Wildman–Crippen MR) is 109 cm³/mol. The lowest BCUT2D eigenvalue weighted by molar-refractivity contribution is -0.130. The van der Waals surface area contributed by atoms with Crippen molar-refractivity contribution in [2.75, 3.05) is 19.6 Å². The minimum Gasteiger partial charge on any atom is -0.359 e. The van der Waals surface area contributed by atoms with Gasteiger partial charge in [0.2, 0.25) is 0 Å². The first-order chi connectivity index (χ1) is 14.0. The van der Waals surface area contributed by atoms with Gasteiger partial charge in [0.05, 0.1) is 16.6 Å². The number of aromatic amines is 1. The fourth-order valence-corrected chi connectivity index (χ4v) is 3.78. The molecule has 1 N–H and O–H groups in total. The molecule has 1 fully saturated rings. The summed E-state index contributed by atoms with van der Waals surface area (Å²) in [6.45, 7) is 4.87. The highest BCUT2D eigenvalue weighted by Crippen LogP contribution is 2.21. The molecule has 3 aromatic rings. The molecule has 148 valence electrons. The van der Waals surface area contributed by atoms with Crippen LogP contribution >= 0.6 is 0 Å². The summed E-state index contributed by atoms with van der Waals surface area (Å²) in [5, 5.41) is 0. The van der Waals surface area contributed by atoms with Crippen molar-refractivity contribution in [2.24, 2.45) is 0 Å². The van der Waals surface area contributed by atoms with Crippen LogP contribution in [0.25, 0.3) is 11.0 Å². The molecule has 7 nitrogen and oxygen atoms in total. The molecule has 2 aromatic heterocycles. The highest BCUT2D eigenvalue weighted by atomic mass is 16.2. The fraction of sp³-hybridized carbons (Fsp3) is 0.273. The zero-order valence-electron chi connectivity index (χ0n) is 16.4. The van der Waals surface area contributed by atoms with Gasteiger partial charge in [0, 0.05) is 43.6 Å². The van der Waals surface area contributed by atoms with E-state index in [4.69, 9.17) is 0 Å². The highest BCUT2D eigenvalue weighted by Gasteiger charge is 2.34. The molecule has 29 heavy (non-hydrogen) atoms. The summed E-state index contributed by atoms with van der Waals surface area (Å²) in [5.41, 5.74) is 3.13. The number of carbonyl (C=O) groups excluding carboxylic acids is 3. The van der Waals surface area contributed by atoms with Crippen molar-refractivity contribution in [1.82, 2.24) is 19.8 Å². The summed E-state index contributed by atoms with van der Waals surface area (Å²) < 4.78 is 0. The number of aryl methyl sites for hydroxylation is 1. The van der Waals surface area contributed by atoms with Crippen LogP contribution in [0, 0.1) is 6.92 Å². The predicted octanol–water partition coefficient (Wildman–Crippen LogP) is 2.43. The zero-order chi connectivity index (χ0) is 20.5. The van der Waals surface area contributed by atoms with Gasteiger partial charge in [-0.25, -0.2) is 0 Å². The number of carbonyl (C=O) groups is 3. The van der Waals surface area contributed by atoms with Gasteiger partial charge in [0.1, 0.15) is 0 Å². The molecule has 0 radical (unpaired) electrons. The van der Waals surface area contributed by atoms with Gasteiger partial charge in [-0.15, -0.1) is 0 Å². The van der Waals surface area contributed by atoms with Gasteiger partial charge >= 0.3 is 0 Å². The van der Waals surface area contributed by atoms with Crippen molar-refractivity contribution < 1.29 is 14.4 Å². The Morgan fingerprint density at radius 1 is 1.10 bits per heavy atom. The second-order valence-corrected chi connectivity index (χ2v) is 7.35. The number of Topliss-reactive ketones (excluding diaryl/α,β-unsaturated/α-hetero) is 1. The zero-order valence-corrected chi connectivity index (χ0v) is 16.4. The van der Waals surface area contributed by atoms with E-state index in [0.29, 0.717) is 30.7 Å². The number of nitrogens with one attached hydrogen (secondary N) is 1. The summed E-state index contributed by atoms with van der Waals surface area (Å²) in [7, 11) is 0. The monoisotopic (exact) mass is 390 g/mol. The number of pyridine rings is 1. The van der Waals surface area contributed by atoms with Crippen LogP contribution < -0.4 is 0 Å². The third kappa shape index (κ3) is 3.40. The van der Waals surface area contributed by atoms with E-state index < -0.39 is 11.7 Å². The summed E-state index contributed by atoms with van der Waals surface area (Å²) in [6, 6.07) is 10.7. The number of amides is 2. The fourth-order valence-electron chi connectivity index (χ4n) is 3.78. The lowest BCUT2D eigenvalue weighted by Crippen LogP contribution is -2.56. The molecule has 4 rings (SSSR count). The quantitative estimate of drug-likeness (QED) is 0.550. The van der Waals surface area contributed by atoms with Gasteiger partial charge in [-0.05, 0) is 37.6 Å². The Labute approximate surface area is 168 Å². The molecule has 0 spiro atoms. The maximum absolute atomic E-state index is 12.9. The first-order valence-corrected chi connectivity index (χ1v) is 9.59. The topological polar surface area (TPSA) is 86.4 Å². The number of hydrogen-bond donors (Lipinski definition) is 1. The number of H-pyrrole nitrogens is 1. The Morgan fingerprint density at radius 2 is 1.86 bits per heavy atom. The van der Waals surface area contributed by atoms with Crippen molar-refractivity contribution in [2.45, 2.75) is 19.9 Å². The van der Waals surface area contributed by atoms with Gasteiger partial charge in [-0.1, -0.05) is 18.2 Å². The van der Waals surface area contributed by atoms with E-state index in [1.807, 2.05) is 38.1 Å². The Hall–Kier alpha value is -3.48. The van der Waals surface area contributed by atoms with Crippen LogP contribution in [-0.2, 0) is 4.79 Å². The molecule has 1 saturated heterocycles. The van der Waals surface area contributed by atoms with Crippen LogP contribution in [0.5, 0.6) is 0 Å². The molecule has 0 unspecified atom stereocenters. The number of piperazine rings is 1. The smallest absolute Gasteiger partial charge is 0.295 e. The minimum atomic E-state index is -0.580. The first kappa shape index (κ1) is 18.9. The molecular formula is C22H22N4O3. The normalized spacial score (nSPS) is 16.8. The molecule has 3 heterocycles. The average molecular weight is 390 g/mol. The molecule has 0 aliphatic carbocycles. The van der Waals surface area contributed by atoms with Gasteiger partial charge in [-0.2, -0.15) is 0 Å². The number of aromatic nitrogens is 2. The number of fused-ring (bicyclic) bond motifs is 1. The first-order valence-electron chi connectivity index (χ1n) is 9.59. The van der Waals surface area contributed by atoms with E-state index in [0.717, 1.165) is 11.1 Å². The standard InChI is InChI=1S/C22H22N4O3/c1-14-8-9-23-19-17(12-24-18(14)19)20(27)22(29)26-11-10-25(13-15(26)2)21(28)16-6-4-3-5-7-16/h3-9,12,15,24H,10-11,13H2,1-2H3/t15-/m1/s1. The Kier molecular flexibility index (Phi) is 4.88. The second kappa shape index (κ2) is 7.50. The maximum atomic E-state index is 12.9. The lowest BCUT2D eigenvalue weighted by atomic mass is 10.1. The van der Waals surface area contributed by atoms with Gasteiger partial charge in [-0.3, -0.25) is 19.4 Å². The Balaban J connectivity index is 1.49. The third-order valence-corrected chi connectivity index (χ3v) is 5.41. The number of hydrogen-bond acceptors (Lipinski definition) is 4. The summed E-state index contributed by atoms with van der Waals surface area (Å²) in [4.78, 5) is 49.0. The van der Waals surface area contributed by atoms with Crippen molar-refractivity contribution in [3.05, 3.63) is 65.5 Å². The van der Waals surface area contributed by atoms with Crippen LogP contribution in [0.15, 0.2) is 48.8 Å². The molecule has 2 amide bonds. The van der Waals surface area contributed by atoms with E-state index >= 15 is 0 Å². The van der Waals surface area contributed by atoms with E-state index in [-0.39, 0.29) is 17.5 Å². The van der Waals surface area contributed by atoms with Crippen LogP contribution in [0.1, 0.15) is 33.2 Å². The largest absolute Gasteiger partial charge is 0.359 e. The molecular weight excluding hydrogens is 368 g/mol. The van der Waals surface area contributed by atoms with Crippen molar-refractivity contribution in [3.63, 3.8) is 0 Å². The molecule has 7 heteroatoms. The van der Waals surface area contributed by atoms with E-state index in [1.165, 1.54) is 0 Å². The maximum Gasteiger partial charge on any atom is 0.295 e. The number of benzene rings is 1. The third-order valence-electron chi connectivity index (χ3n) is 5.41. The highest BCUT2D eigenvalue weighted by molar-refractivity contribution is 6.44. The van der Waals surface area contributed by atoms with Crippen LogP contribution in [0.3, 0.4) is 0 Å². The molecule has 0 saturated carbocycles. The second-order valence-electron chi connectivity index (χ2n) is 7.35. The average Bonchev–Trinajstić information content (AvgIpc) is 3.18.